The quantitative estimate of drug-likeness (QED) is 0.688. The third-order valence-electron chi connectivity index (χ3n) is 2.30. The summed E-state index contributed by atoms with van der Waals surface area (Å²) in [6, 6.07) is -0.0709. The molecule has 0 spiro atoms. The molecule has 0 aromatic rings. The van der Waals surface area contributed by atoms with Crippen LogP contribution in [0.5, 0.6) is 0 Å². The van der Waals surface area contributed by atoms with Crippen LogP contribution in [0.3, 0.4) is 0 Å². The van der Waals surface area contributed by atoms with Crippen molar-refractivity contribution in [3.63, 3.8) is 0 Å². The average molecular weight is 216 g/mol. The highest BCUT2D eigenvalue weighted by molar-refractivity contribution is 8.02. The normalized spacial score (nSPS) is 34.1. The van der Waals surface area contributed by atoms with Crippen LogP contribution >= 0.6 is 23.5 Å². The fourth-order valence-electron chi connectivity index (χ4n) is 1.33. The maximum atomic E-state index is 6.17. The van der Waals surface area contributed by atoms with Gasteiger partial charge in [-0.3, -0.25) is 0 Å². The Morgan fingerprint density at radius 1 is 1.46 bits per heavy atom. The summed E-state index contributed by atoms with van der Waals surface area (Å²) in [4.78, 5) is 0.771. The van der Waals surface area contributed by atoms with E-state index in [4.69, 9.17) is 11.5 Å². The van der Waals surface area contributed by atoms with Gasteiger partial charge in [0.15, 0.2) is 0 Å². The molecule has 0 fully saturated rings. The van der Waals surface area contributed by atoms with Gasteiger partial charge in [-0.25, -0.2) is 0 Å². The SMILES string of the molecule is CSC1=CC(N)(SC)C(N)C(C)=C1. The summed E-state index contributed by atoms with van der Waals surface area (Å²) >= 11 is 3.31. The number of rotatable bonds is 2. The Labute approximate surface area is 88.2 Å². The third-order valence-corrected chi connectivity index (χ3v) is 4.09. The topological polar surface area (TPSA) is 52.0 Å². The lowest BCUT2D eigenvalue weighted by Gasteiger charge is -2.35. The second-order valence-electron chi connectivity index (χ2n) is 3.17. The van der Waals surface area contributed by atoms with E-state index < -0.39 is 4.87 Å². The molecule has 1 aliphatic carbocycles. The molecule has 0 saturated carbocycles. The van der Waals surface area contributed by atoms with E-state index in [1.807, 2.05) is 19.4 Å². The van der Waals surface area contributed by atoms with Gasteiger partial charge >= 0.3 is 0 Å². The van der Waals surface area contributed by atoms with Crippen LogP contribution in [0, 0.1) is 0 Å². The summed E-state index contributed by atoms with van der Waals surface area (Å²) in [6.07, 6.45) is 8.21. The molecule has 0 radical (unpaired) electrons. The molecule has 0 aromatic heterocycles. The molecule has 4 N–H and O–H groups in total. The molecule has 1 aliphatic rings. The van der Waals surface area contributed by atoms with E-state index in [9.17, 15) is 0 Å². The molecule has 0 saturated heterocycles. The van der Waals surface area contributed by atoms with Gasteiger partial charge in [0.25, 0.3) is 0 Å². The first kappa shape index (κ1) is 11.2. The lowest BCUT2D eigenvalue weighted by atomic mass is 9.96. The van der Waals surface area contributed by atoms with Gasteiger partial charge in [-0.15, -0.1) is 23.5 Å². The van der Waals surface area contributed by atoms with Crippen molar-refractivity contribution in [1.82, 2.24) is 0 Å². The predicted octanol–water partition coefficient (Wildman–Crippen LogP) is 1.54. The largest absolute Gasteiger partial charge is 0.322 e. The van der Waals surface area contributed by atoms with Crippen LogP contribution in [0.25, 0.3) is 0 Å². The minimum atomic E-state index is -0.433. The molecule has 2 atom stereocenters. The van der Waals surface area contributed by atoms with E-state index in [0.717, 1.165) is 5.57 Å². The zero-order valence-corrected chi connectivity index (χ0v) is 9.84. The molecule has 0 heterocycles. The van der Waals surface area contributed by atoms with Crippen LogP contribution in [-0.4, -0.2) is 23.4 Å². The second-order valence-corrected chi connectivity index (χ2v) is 5.17. The van der Waals surface area contributed by atoms with E-state index >= 15 is 0 Å². The lowest BCUT2D eigenvalue weighted by Crippen LogP contribution is -2.53. The first-order valence-corrected chi connectivity index (χ1v) is 6.53. The Bertz CT molecular complexity index is 260. The molecule has 0 amide bonds. The molecule has 13 heavy (non-hydrogen) atoms. The van der Waals surface area contributed by atoms with Crippen molar-refractivity contribution >= 4 is 23.5 Å². The predicted molar refractivity (Wildman–Crippen MR) is 63.8 cm³/mol. The van der Waals surface area contributed by atoms with E-state index in [-0.39, 0.29) is 6.04 Å². The summed E-state index contributed by atoms with van der Waals surface area (Å²) in [5.74, 6) is 0. The van der Waals surface area contributed by atoms with Crippen LogP contribution < -0.4 is 11.5 Å². The number of hydrogen-bond acceptors (Lipinski definition) is 4. The maximum absolute atomic E-state index is 6.17. The fraction of sp³-hybridized carbons (Fsp3) is 0.556. The van der Waals surface area contributed by atoms with Crippen LogP contribution in [-0.2, 0) is 0 Å². The minimum absolute atomic E-state index is 0.0709. The Balaban J connectivity index is 3.02. The zero-order chi connectivity index (χ0) is 10.1. The van der Waals surface area contributed by atoms with Crippen molar-refractivity contribution in [2.75, 3.05) is 12.5 Å². The van der Waals surface area contributed by atoms with Crippen LogP contribution in [0.1, 0.15) is 6.92 Å². The van der Waals surface area contributed by atoms with Gasteiger partial charge in [0, 0.05) is 4.91 Å². The molecule has 4 heteroatoms. The number of thioether (sulfide) groups is 2. The van der Waals surface area contributed by atoms with Gasteiger partial charge in [-0.05, 0) is 31.6 Å². The highest BCUT2D eigenvalue weighted by atomic mass is 32.2. The van der Waals surface area contributed by atoms with Crippen LogP contribution in [0.2, 0.25) is 0 Å². The molecular formula is C9H16N2S2. The first-order valence-electron chi connectivity index (χ1n) is 4.08. The summed E-state index contributed by atoms with van der Waals surface area (Å²) in [6.45, 7) is 2.03. The zero-order valence-electron chi connectivity index (χ0n) is 8.20. The smallest absolute Gasteiger partial charge is 0.101 e. The van der Waals surface area contributed by atoms with Gasteiger partial charge in [-0.1, -0.05) is 5.57 Å². The number of hydrogen-bond donors (Lipinski definition) is 2. The summed E-state index contributed by atoms with van der Waals surface area (Å²) in [5.41, 5.74) is 13.3. The van der Waals surface area contributed by atoms with Crippen molar-refractivity contribution in [3.05, 3.63) is 22.6 Å². The summed E-state index contributed by atoms with van der Waals surface area (Å²) in [7, 11) is 0. The summed E-state index contributed by atoms with van der Waals surface area (Å²) in [5, 5.41) is 0. The highest BCUT2D eigenvalue weighted by Gasteiger charge is 2.33. The molecule has 2 nitrogen and oxygen atoms in total. The van der Waals surface area contributed by atoms with E-state index in [1.54, 1.807) is 23.5 Å². The number of nitrogens with two attached hydrogens (primary N) is 2. The van der Waals surface area contributed by atoms with Gasteiger partial charge in [0.05, 0.1) is 6.04 Å². The monoisotopic (exact) mass is 216 g/mol. The molecule has 0 aromatic carbocycles. The molecule has 1 rings (SSSR count). The van der Waals surface area contributed by atoms with Gasteiger partial charge in [-0.2, -0.15) is 0 Å². The van der Waals surface area contributed by atoms with Crippen molar-refractivity contribution < 1.29 is 0 Å². The first-order chi connectivity index (χ1) is 6.03. The molecule has 0 aliphatic heterocycles. The van der Waals surface area contributed by atoms with Crippen LogP contribution in [0.15, 0.2) is 22.6 Å². The molecule has 2 unspecified atom stereocenters. The molecule has 74 valence electrons. The fourth-order valence-corrected chi connectivity index (χ4v) is 2.70. The average Bonchev–Trinajstić information content (AvgIpc) is 2.13. The summed E-state index contributed by atoms with van der Waals surface area (Å²) < 4.78 is 0. The van der Waals surface area contributed by atoms with Crippen LogP contribution in [0.4, 0.5) is 0 Å². The van der Waals surface area contributed by atoms with E-state index in [0.29, 0.717) is 0 Å². The van der Waals surface area contributed by atoms with E-state index in [1.165, 1.54) is 4.91 Å². The third kappa shape index (κ3) is 2.13. The number of allylic oxidation sites excluding steroid dienone is 1. The Morgan fingerprint density at radius 2 is 2.08 bits per heavy atom. The van der Waals surface area contributed by atoms with Crippen molar-refractivity contribution in [3.8, 4) is 0 Å². The van der Waals surface area contributed by atoms with Gasteiger partial charge < -0.3 is 11.5 Å². The molecular weight excluding hydrogens is 200 g/mol. The Kier molecular flexibility index (Phi) is 3.51. The maximum Gasteiger partial charge on any atom is 0.101 e. The standard InChI is InChI=1S/C9H16N2S2/c1-6-4-7(12-2)5-9(11,13-3)8(6)10/h4-5,8H,10-11H2,1-3H3. The van der Waals surface area contributed by atoms with Crippen molar-refractivity contribution in [2.24, 2.45) is 11.5 Å². The van der Waals surface area contributed by atoms with Crippen molar-refractivity contribution in [1.29, 1.82) is 0 Å². The minimum Gasteiger partial charge on any atom is -0.322 e. The Morgan fingerprint density at radius 3 is 2.54 bits per heavy atom. The van der Waals surface area contributed by atoms with Crippen molar-refractivity contribution in [2.45, 2.75) is 17.8 Å². The van der Waals surface area contributed by atoms with Gasteiger partial charge in [0.1, 0.15) is 4.87 Å². The highest BCUT2D eigenvalue weighted by Crippen LogP contribution is 2.34. The lowest BCUT2D eigenvalue weighted by molar-refractivity contribution is 0.618. The molecule has 0 bridgehead atoms. The second kappa shape index (κ2) is 4.09. The Hall–Kier alpha value is 0.100. The van der Waals surface area contributed by atoms with E-state index in [2.05, 4.69) is 12.2 Å². The van der Waals surface area contributed by atoms with Gasteiger partial charge in [0.2, 0.25) is 0 Å².